The van der Waals surface area contributed by atoms with Gasteiger partial charge in [0.1, 0.15) is 5.60 Å². The number of carbonyl (C=O) groups is 1. The number of likely N-dealkylation sites (tertiary alicyclic amines) is 1. The van der Waals surface area contributed by atoms with E-state index in [4.69, 9.17) is 4.74 Å². The molecule has 108 valence electrons. The summed E-state index contributed by atoms with van der Waals surface area (Å²) in [6.45, 7) is 6.58. The van der Waals surface area contributed by atoms with Crippen LogP contribution in [0.3, 0.4) is 0 Å². The fraction of sp³-hybridized carbons (Fsp3) is 0.800. The Bertz CT molecular complexity index is 370. The number of hydrogen-bond donors (Lipinski definition) is 1. The van der Waals surface area contributed by atoms with Crippen LogP contribution < -0.4 is 0 Å². The lowest BCUT2D eigenvalue weighted by Gasteiger charge is -2.24. The SMILES string of the molecule is CC(C)(C)OC(=O)N1CC(O)C(CC2=CCCC2)C1. The number of hydrogen-bond acceptors (Lipinski definition) is 3. The van der Waals surface area contributed by atoms with Crippen LogP contribution in [0, 0.1) is 5.92 Å². The fourth-order valence-electron chi connectivity index (χ4n) is 2.79. The van der Waals surface area contributed by atoms with E-state index < -0.39 is 11.7 Å². The summed E-state index contributed by atoms with van der Waals surface area (Å²) in [5, 5.41) is 10.1. The van der Waals surface area contributed by atoms with Gasteiger partial charge < -0.3 is 14.7 Å². The Morgan fingerprint density at radius 1 is 1.47 bits per heavy atom. The number of β-amino-alcohol motifs (C(OH)–C–C–N with tert-alkyl or cyclic N) is 1. The summed E-state index contributed by atoms with van der Waals surface area (Å²) in [4.78, 5) is 13.6. The summed E-state index contributed by atoms with van der Waals surface area (Å²) in [5.74, 6) is 0.164. The standard InChI is InChI=1S/C15H25NO3/c1-15(2,3)19-14(18)16-9-12(13(17)10-16)8-11-6-4-5-7-11/h6,12-13,17H,4-5,7-10H2,1-3H3. The molecular formula is C15H25NO3. The molecule has 0 bridgehead atoms. The Kier molecular flexibility index (Phi) is 4.19. The number of aliphatic hydroxyl groups is 1. The first-order valence-corrected chi connectivity index (χ1v) is 7.19. The van der Waals surface area contributed by atoms with E-state index in [0.717, 1.165) is 19.3 Å². The van der Waals surface area contributed by atoms with Gasteiger partial charge in [0, 0.05) is 12.5 Å². The second-order valence-corrected chi connectivity index (χ2v) is 6.67. The minimum absolute atomic E-state index is 0.164. The predicted octanol–water partition coefficient (Wildman–Crippen LogP) is 2.71. The summed E-state index contributed by atoms with van der Waals surface area (Å²) < 4.78 is 5.35. The number of nitrogens with zero attached hydrogens (tertiary/aromatic N) is 1. The van der Waals surface area contributed by atoms with Crippen molar-refractivity contribution in [3.8, 4) is 0 Å². The Hall–Kier alpha value is -1.03. The molecule has 4 nitrogen and oxygen atoms in total. The molecule has 1 fully saturated rings. The average Bonchev–Trinajstić information content (AvgIpc) is 2.88. The maximum Gasteiger partial charge on any atom is 0.410 e. The van der Waals surface area contributed by atoms with Crippen LogP contribution >= 0.6 is 0 Å². The number of rotatable bonds is 2. The molecule has 2 unspecified atom stereocenters. The first-order chi connectivity index (χ1) is 8.85. The number of aliphatic hydroxyl groups excluding tert-OH is 1. The van der Waals surface area contributed by atoms with Crippen molar-refractivity contribution in [3.63, 3.8) is 0 Å². The van der Waals surface area contributed by atoms with Gasteiger partial charge in [-0.1, -0.05) is 11.6 Å². The molecule has 1 N–H and O–H groups in total. The molecule has 2 atom stereocenters. The molecule has 2 rings (SSSR count). The Balaban J connectivity index is 1.87. The van der Waals surface area contributed by atoms with Gasteiger partial charge in [-0.2, -0.15) is 0 Å². The molecule has 2 aliphatic rings. The molecular weight excluding hydrogens is 242 g/mol. The van der Waals surface area contributed by atoms with Gasteiger partial charge in [-0.05, 0) is 46.5 Å². The topological polar surface area (TPSA) is 49.8 Å². The Morgan fingerprint density at radius 3 is 2.79 bits per heavy atom. The van der Waals surface area contributed by atoms with Crippen LogP contribution in [-0.4, -0.2) is 40.9 Å². The average molecular weight is 267 g/mol. The highest BCUT2D eigenvalue weighted by Gasteiger charge is 2.36. The Labute approximate surface area is 115 Å². The first-order valence-electron chi connectivity index (χ1n) is 7.19. The molecule has 0 spiro atoms. The molecule has 19 heavy (non-hydrogen) atoms. The third-order valence-corrected chi connectivity index (χ3v) is 3.72. The van der Waals surface area contributed by atoms with E-state index in [1.54, 1.807) is 4.90 Å². The third-order valence-electron chi connectivity index (χ3n) is 3.72. The molecule has 0 radical (unpaired) electrons. The van der Waals surface area contributed by atoms with E-state index in [-0.39, 0.29) is 12.0 Å². The molecule has 1 saturated heterocycles. The maximum atomic E-state index is 12.0. The lowest BCUT2D eigenvalue weighted by molar-refractivity contribution is 0.0269. The zero-order valence-electron chi connectivity index (χ0n) is 12.2. The van der Waals surface area contributed by atoms with Gasteiger partial charge in [0.2, 0.25) is 0 Å². The minimum atomic E-state index is -0.478. The second-order valence-electron chi connectivity index (χ2n) is 6.67. The van der Waals surface area contributed by atoms with Gasteiger partial charge in [-0.15, -0.1) is 0 Å². The van der Waals surface area contributed by atoms with E-state index in [1.165, 1.54) is 12.0 Å². The molecule has 1 aliphatic carbocycles. The molecule has 0 aromatic heterocycles. The van der Waals surface area contributed by atoms with Gasteiger partial charge in [-0.25, -0.2) is 4.79 Å². The van der Waals surface area contributed by atoms with Crippen molar-refractivity contribution >= 4 is 6.09 Å². The minimum Gasteiger partial charge on any atom is -0.444 e. The van der Waals surface area contributed by atoms with Gasteiger partial charge >= 0.3 is 6.09 Å². The first kappa shape index (κ1) is 14.4. The summed E-state index contributed by atoms with van der Waals surface area (Å²) >= 11 is 0. The molecule has 1 heterocycles. The van der Waals surface area contributed by atoms with E-state index >= 15 is 0 Å². The quantitative estimate of drug-likeness (QED) is 0.783. The van der Waals surface area contributed by atoms with Crippen LogP contribution in [0.4, 0.5) is 4.79 Å². The number of carbonyl (C=O) groups excluding carboxylic acids is 1. The highest BCUT2D eigenvalue weighted by molar-refractivity contribution is 5.68. The Morgan fingerprint density at radius 2 is 2.21 bits per heavy atom. The predicted molar refractivity (Wildman–Crippen MR) is 73.9 cm³/mol. The molecule has 0 aromatic carbocycles. The van der Waals surface area contributed by atoms with Gasteiger partial charge in [0.05, 0.1) is 12.6 Å². The van der Waals surface area contributed by atoms with Crippen LogP contribution in [0.15, 0.2) is 11.6 Å². The van der Waals surface area contributed by atoms with Gasteiger partial charge in [-0.3, -0.25) is 0 Å². The second kappa shape index (κ2) is 5.53. The molecule has 1 amide bonds. The normalized spacial score (nSPS) is 27.6. The van der Waals surface area contributed by atoms with Gasteiger partial charge in [0.15, 0.2) is 0 Å². The number of ether oxygens (including phenoxy) is 1. The molecule has 4 heteroatoms. The summed E-state index contributed by atoms with van der Waals surface area (Å²) in [6.07, 6.45) is 6.00. The van der Waals surface area contributed by atoms with Crippen molar-refractivity contribution in [2.75, 3.05) is 13.1 Å². The van der Waals surface area contributed by atoms with Crippen molar-refractivity contribution in [1.29, 1.82) is 0 Å². The summed E-state index contributed by atoms with van der Waals surface area (Å²) in [7, 11) is 0. The van der Waals surface area contributed by atoms with Crippen molar-refractivity contribution in [3.05, 3.63) is 11.6 Å². The van der Waals surface area contributed by atoms with E-state index in [1.807, 2.05) is 20.8 Å². The lowest BCUT2D eigenvalue weighted by atomic mass is 9.96. The number of allylic oxidation sites excluding steroid dienone is 2. The van der Waals surface area contributed by atoms with Crippen molar-refractivity contribution in [2.24, 2.45) is 5.92 Å². The van der Waals surface area contributed by atoms with E-state index in [9.17, 15) is 9.90 Å². The van der Waals surface area contributed by atoms with Crippen LogP contribution in [0.1, 0.15) is 46.5 Å². The highest BCUT2D eigenvalue weighted by atomic mass is 16.6. The zero-order valence-corrected chi connectivity index (χ0v) is 12.2. The largest absolute Gasteiger partial charge is 0.444 e. The highest BCUT2D eigenvalue weighted by Crippen LogP contribution is 2.30. The van der Waals surface area contributed by atoms with E-state index in [0.29, 0.717) is 13.1 Å². The van der Waals surface area contributed by atoms with Crippen LogP contribution in [-0.2, 0) is 4.74 Å². The van der Waals surface area contributed by atoms with Crippen molar-refractivity contribution in [1.82, 2.24) is 4.90 Å². The van der Waals surface area contributed by atoms with E-state index in [2.05, 4.69) is 6.08 Å². The van der Waals surface area contributed by atoms with Crippen LogP contribution in [0.5, 0.6) is 0 Å². The lowest BCUT2D eigenvalue weighted by Crippen LogP contribution is -2.35. The molecule has 0 aromatic rings. The summed E-state index contributed by atoms with van der Waals surface area (Å²) in [5.41, 5.74) is 0.962. The number of amides is 1. The monoisotopic (exact) mass is 267 g/mol. The van der Waals surface area contributed by atoms with Crippen LogP contribution in [0.2, 0.25) is 0 Å². The maximum absolute atomic E-state index is 12.0. The van der Waals surface area contributed by atoms with Crippen molar-refractivity contribution < 1.29 is 14.6 Å². The molecule has 0 saturated carbocycles. The fourth-order valence-corrected chi connectivity index (χ4v) is 2.79. The molecule has 1 aliphatic heterocycles. The zero-order chi connectivity index (χ0) is 14.0. The van der Waals surface area contributed by atoms with Crippen LogP contribution in [0.25, 0.3) is 0 Å². The van der Waals surface area contributed by atoms with Gasteiger partial charge in [0.25, 0.3) is 0 Å². The van der Waals surface area contributed by atoms with Crippen molar-refractivity contribution in [2.45, 2.75) is 58.2 Å². The summed E-state index contributed by atoms with van der Waals surface area (Å²) in [6, 6.07) is 0. The smallest absolute Gasteiger partial charge is 0.410 e. The third kappa shape index (κ3) is 3.96.